The van der Waals surface area contributed by atoms with Crippen LogP contribution in [0.25, 0.3) is 5.57 Å². The lowest BCUT2D eigenvalue weighted by Crippen LogP contribution is -1.88. The summed E-state index contributed by atoms with van der Waals surface area (Å²) in [5.41, 5.74) is 2.25. The standard InChI is InChI=1S/C11H9NO/c1-9-4-2-3-5-11(9)10(8-13)6-7-12/h2-5H,6H2,1H3. The number of nitriles is 1. The smallest absolute Gasteiger partial charge is 0.129 e. The molecular formula is C11H9NO. The summed E-state index contributed by atoms with van der Waals surface area (Å²) in [6, 6.07) is 9.42. The Labute approximate surface area is 77.1 Å². The van der Waals surface area contributed by atoms with Gasteiger partial charge in [-0.1, -0.05) is 24.3 Å². The molecule has 0 saturated carbocycles. The third kappa shape index (κ3) is 2.05. The molecule has 0 bridgehead atoms. The molecule has 0 fully saturated rings. The Morgan fingerprint density at radius 1 is 1.46 bits per heavy atom. The van der Waals surface area contributed by atoms with Crippen LogP contribution < -0.4 is 0 Å². The third-order valence-electron chi connectivity index (χ3n) is 1.85. The molecule has 1 rings (SSSR count). The molecule has 0 unspecified atom stereocenters. The van der Waals surface area contributed by atoms with Gasteiger partial charge in [0.15, 0.2) is 0 Å². The Morgan fingerprint density at radius 3 is 2.69 bits per heavy atom. The topological polar surface area (TPSA) is 40.9 Å². The second-order valence-electron chi connectivity index (χ2n) is 2.73. The van der Waals surface area contributed by atoms with Crippen molar-refractivity contribution in [1.82, 2.24) is 0 Å². The Morgan fingerprint density at radius 2 is 2.15 bits per heavy atom. The van der Waals surface area contributed by atoms with E-state index in [1.54, 1.807) is 5.94 Å². The monoisotopic (exact) mass is 171 g/mol. The Kier molecular flexibility index (Phi) is 3.03. The van der Waals surface area contributed by atoms with E-state index in [4.69, 9.17) is 5.26 Å². The lowest BCUT2D eigenvalue weighted by atomic mass is 10.0. The number of nitrogens with zero attached hydrogens (tertiary/aromatic N) is 1. The summed E-state index contributed by atoms with van der Waals surface area (Å²) in [5, 5.41) is 8.47. The van der Waals surface area contributed by atoms with Crippen LogP contribution in [-0.2, 0) is 4.79 Å². The maximum absolute atomic E-state index is 10.5. The predicted molar refractivity (Wildman–Crippen MR) is 50.5 cm³/mol. The van der Waals surface area contributed by atoms with E-state index in [-0.39, 0.29) is 6.42 Å². The van der Waals surface area contributed by atoms with Crippen molar-refractivity contribution >= 4 is 11.5 Å². The van der Waals surface area contributed by atoms with E-state index in [0.29, 0.717) is 5.57 Å². The molecule has 0 aliphatic heterocycles. The van der Waals surface area contributed by atoms with Crippen LogP contribution in [0.15, 0.2) is 24.3 Å². The van der Waals surface area contributed by atoms with Gasteiger partial charge in [0.1, 0.15) is 5.94 Å². The zero-order chi connectivity index (χ0) is 9.68. The summed E-state index contributed by atoms with van der Waals surface area (Å²) in [4.78, 5) is 10.5. The average molecular weight is 171 g/mol. The van der Waals surface area contributed by atoms with Gasteiger partial charge in [0.25, 0.3) is 0 Å². The van der Waals surface area contributed by atoms with Crippen molar-refractivity contribution in [1.29, 1.82) is 5.26 Å². The zero-order valence-corrected chi connectivity index (χ0v) is 7.37. The first-order valence-electron chi connectivity index (χ1n) is 3.96. The van der Waals surface area contributed by atoms with Crippen LogP contribution in [0.2, 0.25) is 0 Å². The van der Waals surface area contributed by atoms with Crippen molar-refractivity contribution in [2.24, 2.45) is 0 Å². The highest BCUT2D eigenvalue weighted by molar-refractivity contribution is 5.89. The minimum Gasteiger partial charge on any atom is -0.233 e. The van der Waals surface area contributed by atoms with Crippen molar-refractivity contribution in [3.05, 3.63) is 35.4 Å². The first-order chi connectivity index (χ1) is 6.29. The summed E-state index contributed by atoms with van der Waals surface area (Å²) in [7, 11) is 0. The highest BCUT2D eigenvalue weighted by atomic mass is 16.1. The van der Waals surface area contributed by atoms with E-state index in [1.165, 1.54) is 0 Å². The number of benzene rings is 1. The fraction of sp³-hybridized carbons (Fsp3) is 0.182. The van der Waals surface area contributed by atoms with Crippen LogP contribution in [-0.4, -0.2) is 5.94 Å². The summed E-state index contributed by atoms with van der Waals surface area (Å²) in [5.74, 6) is 1.80. The summed E-state index contributed by atoms with van der Waals surface area (Å²) in [6.07, 6.45) is 0.119. The second kappa shape index (κ2) is 4.25. The zero-order valence-electron chi connectivity index (χ0n) is 7.37. The Hall–Kier alpha value is -1.84. The average Bonchev–Trinajstić information content (AvgIpc) is 2.16. The number of aryl methyl sites for hydroxylation is 1. The SMILES string of the molecule is Cc1ccccc1C(=C=O)CC#N. The van der Waals surface area contributed by atoms with Crippen molar-refractivity contribution in [2.45, 2.75) is 13.3 Å². The number of hydrogen-bond acceptors (Lipinski definition) is 2. The number of carbonyl (C=O) groups excluding carboxylic acids is 1. The van der Waals surface area contributed by atoms with Crippen molar-refractivity contribution < 1.29 is 4.79 Å². The van der Waals surface area contributed by atoms with E-state index in [9.17, 15) is 4.79 Å². The molecular weight excluding hydrogens is 162 g/mol. The summed E-state index contributed by atoms with van der Waals surface area (Å²) >= 11 is 0. The first kappa shape index (κ1) is 9.25. The van der Waals surface area contributed by atoms with Crippen molar-refractivity contribution in [2.75, 3.05) is 0 Å². The minimum atomic E-state index is 0.119. The summed E-state index contributed by atoms with van der Waals surface area (Å²) in [6.45, 7) is 1.91. The van der Waals surface area contributed by atoms with Gasteiger partial charge in [-0.05, 0) is 18.1 Å². The van der Waals surface area contributed by atoms with Crippen LogP contribution in [0.1, 0.15) is 17.5 Å². The van der Waals surface area contributed by atoms with Gasteiger partial charge in [0, 0.05) is 0 Å². The molecule has 0 radical (unpaired) electrons. The van der Waals surface area contributed by atoms with E-state index < -0.39 is 0 Å². The van der Waals surface area contributed by atoms with Gasteiger partial charge in [0.2, 0.25) is 0 Å². The van der Waals surface area contributed by atoms with Gasteiger partial charge >= 0.3 is 0 Å². The molecule has 13 heavy (non-hydrogen) atoms. The van der Waals surface area contributed by atoms with Gasteiger partial charge in [-0.25, -0.2) is 4.79 Å². The fourth-order valence-corrected chi connectivity index (χ4v) is 1.18. The molecule has 0 spiro atoms. The van der Waals surface area contributed by atoms with Gasteiger partial charge in [-0.15, -0.1) is 0 Å². The highest BCUT2D eigenvalue weighted by Gasteiger charge is 2.04. The van der Waals surface area contributed by atoms with Crippen molar-refractivity contribution in [3.8, 4) is 6.07 Å². The van der Waals surface area contributed by atoms with Crippen LogP contribution in [0, 0.1) is 18.3 Å². The van der Waals surface area contributed by atoms with Crippen molar-refractivity contribution in [3.63, 3.8) is 0 Å². The fourth-order valence-electron chi connectivity index (χ4n) is 1.18. The molecule has 0 saturated heterocycles. The normalized spacial score (nSPS) is 8.62. The second-order valence-corrected chi connectivity index (χ2v) is 2.73. The first-order valence-corrected chi connectivity index (χ1v) is 3.96. The largest absolute Gasteiger partial charge is 0.233 e. The Balaban J connectivity index is 3.15. The molecule has 0 aliphatic carbocycles. The quantitative estimate of drug-likeness (QED) is 0.639. The minimum absolute atomic E-state index is 0.119. The van der Waals surface area contributed by atoms with Gasteiger partial charge in [-0.3, -0.25) is 0 Å². The highest BCUT2D eigenvalue weighted by Crippen LogP contribution is 2.18. The molecule has 2 heteroatoms. The molecule has 0 N–H and O–H groups in total. The number of allylic oxidation sites excluding steroid dienone is 1. The molecule has 0 amide bonds. The van der Waals surface area contributed by atoms with Crippen LogP contribution in [0.4, 0.5) is 0 Å². The molecule has 1 aromatic rings. The van der Waals surface area contributed by atoms with E-state index >= 15 is 0 Å². The molecule has 0 aliphatic rings. The van der Waals surface area contributed by atoms with Crippen LogP contribution in [0.3, 0.4) is 0 Å². The number of rotatable bonds is 2. The molecule has 0 aromatic heterocycles. The van der Waals surface area contributed by atoms with Crippen LogP contribution in [0.5, 0.6) is 0 Å². The summed E-state index contributed by atoms with van der Waals surface area (Å²) < 4.78 is 0. The predicted octanol–water partition coefficient (Wildman–Crippen LogP) is 2.12. The molecule has 1 aromatic carbocycles. The van der Waals surface area contributed by atoms with Gasteiger partial charge < -0.3 is 0 Å². The Bertz CT molecular complexity index is 395. The molecule has 2 nitrogen and oxygen atoms in total. The molecule has 0 heterocycles. The maximum Gasteiger partial charge on any atom is 0.129 e. The van der Waals surface area contributed by atoms with Gasteiger partial charge in [-0.2, -0.15) is 5.26 Å². The van der Waals surface area contributed by atoms with E-state index in [2.05, 4.69) is 0 Å². The van der Waals surface area contributed by atoms with E-state index in [1.807, 2.05) is 37.3 Å². The van der Waals surface area contributed by atoms with Crippen LogP contribution >= 0.6 is 0 Å². The molecule has 64 valence electrons. The number of hydrogen-bond donors (Lipinski definition) is 0. The van der Waals surface area contributed by atoms with Gasteiger partial charge in [0.05, 0.1) is 18.1 Å². The maximum atomic E-state index is 10.5. The lowest BCUT2D eigenvalue weighted by Gasteiger charge is -2.02. The van der Waals surface area contributed by atoms with E-state index in [0.717, 1.165) is 11.1 Å². The lowest BCUT2D eigenvalue weighted by molar-refractivity contribution is 0.569. The third-order valence-corrected chi connectivity index (χ3v) is 1.85. The molecule has 0 atom stereocenters.